The van der Waals surface area contributed by atoms with Gasteiger partial charge in [-0.3, -0.25) is 14.9 Å². The van der Waals surface area contributed by atoms with Gasteiger partial charge in [-0.1, -0.05) is 12.1 Å². The number of carbonyl (C=O) groups excluding carboxylic acids is 1. The van der Waals surface area contributed by atoms with Crippen LogP contribution in [0, 0.1) is 10.1 Å². The molecule has 0 spiro atoms. The summed E-state index contributed by atoms with van der Waals surface area (Å²) in [6.45, 7) is -0.0551. The third-order valence-electron chi connectivity index (χ3n) is 2.54. The minimum atomic E-state index is -0.558. The van der Waals surface area contributed by atoms with Gasteiger partial charge in [0, 0.05) is 12.1 Å². The third kappa shape index (κ3) is 3.29. The lowest BCUT2D eigenvalue weighted by atomic mass is 10.2. The van der Waals surface area contributed by atoms with Crippen molar-refractivity contribution in [3.8, 4) is 5.75 Å². The Morgan fingerprint density at radius 1 is 1.30 bits per heavy atom. The van der Waals surface area contributed by atoms with Crippen molar-refractivity contribution in [2.75, 3.05) is 5.32 Å². The second kappa shape index (κ2) is 5.79. The van der Waals surface area contributed by atoms with Crippen LogP contribution in [-0.2, 0) is 11.3 Å². The molecule has 0 saturated heterocycles. The highest BCUT2D eigenvalue weighted by Gasteiger charge is 2.17. The fourth-order valence-electron chi connectivity index (χ4n) is 1.70. The summed E-state index contributed by atoms with van der Waals surface area (Å²) in [5, 5.41) is 22.6. The molecule has 1 amide bonds. The zero-order valence-electron chi connectivity index (χ0n) is 10.4. The van der Waals surface area contributed by atoms with Crippen molar-refractivity contribution in [3.63, 3.8) is 0 Å². The molecule has 102 valence electrons. The lowest BCUT2D eigenvalue weighted by molar-refractivity contribution is -0.684. The van der Waals surface area contributed by atoms with Crippen LogP contribution in [0.1, 0.15) is 0 Å². The van der Waals surface area contributed by atoms with Crippen LogP contribution in [-0.4, -0.2) is 15.9 Å². The van der Waals surface area contributed by atoms with Crippen molar-refractivity contribution in [2.45, 2.75) is 6.54 Å². The number of aromatic hydroxyl groups is 1. The molecule has 0 aliphatic rings. The van der Waals surface area contributed by atoms with Gasteiger partial charge in [0.1, 0.15) is 5.69 Å². The monoisotopic (exact) mass is 274 g/mol. The Morgan fingerprint density at radius 2 is 2.05 bits per heavy atom. The van der Waals surface area contributed by atoms with Gasteiger partial charge in [0.15, 0.2) is 11.9 Å². The van der Waals surface area contributed by atoms with Crippen LogP contribution in [0.25, 0.3) is 0 Å². The predicted molar refractivity (Wildman–Crippen MR) is 70.0 cm³/mol. The highest BCUT2D eigenvalue weighted by molar-refractivity contribution is 5.92. The second-order valence-corrected chi connectivity index (χ2v) is 4.06. The molecule has 2 N–H and O–H groups in total. The molecule has 0 saturated carbocycles. The van der Waals surface area contributed by atoms with Gasteiger partial charge in [0.2, 0.25) is 12.7 Å². The zero-order chi connectivity index (χ0) is 14.5. The summed E-state index contributed by atoms with van der Waals surface area (Å²) < 4.78 is 1.47. The Morgan fingerprint density at radius 3 is 2.75 bits per heavy atom. The van der Waals surface area contributed by atoms with Crippen LogP contribution >= 0.6 is 0 Å². The van der Waals surface area contributed by atoms with E-state index < -0.39 is 10.8 Å². The van der Waals surface area contributed by atoms with Crippen LogP contribution in [0.2, 0.25) is 0 Å². The molecule has 1 aromatic carbocycles. The van der Waals surface area contributed by atoms with E-state index in [4.69, 9.17) is 0 Å². The number of amides is 1. The molecule has 1 heterocycles. The molecule has 0 aliphatic heterocycles. The number of carbonyl (C=O) groups is 1. The molecule has 0 fully saturated rings. The van der Waals surface area contributed by atoms with Gasteiger partial charge < -0.3 is 10.4 Å². The Balaban J connectivity index is 2.11. The van der Waals surface area contributed by atoms with Gasteiger partial charge >= 0.3 is 0 Å². The third-order valence-corrected chi connectivity index (χ3v) is 2.54. The fraction of sp³-hybridized carbons (Fsp3) is 0.0769. The molecule has 7 nitrogen and oxygen atoms in total. The van der Waals surface area contributed by atoms with Crippen molar-refractivity contribution in [2.24, 2.45) is 0 Å². The zero-order valence-corrected chi connectivity index (χ0v) is 10.4. The lowest BCUT2D eigenvalue weighted by Crippen LogP contribution is -2.39. The van der Waals surface area contributed by atoms with E-state index in [9.17, 15) is 20.0 Å². The molecule has 0 radical (unpaired) electrons. The van der Waals surface area contributed by atoms with Gasteiger partial charge in [-0.2, -0.15) is 4.57 Å². The van der Waals surface area contributed by atoms with Gasteiger partial charge in [-0.05, 0) is 12.1 Å². The summed E-state index contributed by atoms with van der Waals surface area (Å²) >= 11 is 0. The molecule has 0 atom stereocenters. The molecular weight excluding hydrogens is 262 g/mol. The Labute approximate surface area is 114 Å². The first-order valence-corrected chi connectivity index (χ1v) is 5.77. The number of para-hydroxylation sites is 2. The number of hydrogen-bond acceptors (Lipinski definition) is 4. The highest BCUT2D eigenvalue weighted by atomic mass is 16.6. The van der Waals surface area contributed by atoms with Crippen LogP contribution in [0.3, 0.4) is 0 Å². The Hall–Kier alpha value is -2.96. The number of benzene rings is 1. The van der Waals surface area contributed by atoms with Gasteiger partial charge in [-0.15, -0.1) is 0 Å². The number of nitro groups is 1. The molecule has 0 bridgehead atoms. The standard InChI is InChI=1S/C13H11N3O4/c17-10-4-3-7-15(8-10)9-13(18)14-11-5-1-2-6-12(11)16(19)20/h1-8H,9H2,(H-,14,17,18)/p+1. The predicted octanol–water partition coefficient (Wildman–Crippen LogP) is 1.23. The number of hydrogen-bond donors (Lipinski definition) is 2. The SMILES string of the molecule is O=C(C[n+]1cccc(O)c1)Nc1ccccc1[N+](=O)[O-]. The molecule has 0 aliphatic carbocycles. The van der Waals surface area contributed by atoms with Gasteiger partial charge in [0.05, 0.1) is 4.92 Å². The van der Waals surface area contributed by atoms with Crippen molar-refractivity contribution >= 4 is 17.3 Å². The average Bonchev–Trinajstić information content (AvgIpc) is 2.38. The summed E-state index contributed by atoms with van der Waals surface area (Å²) in [7, 11) is 0. The maximum Gasteiger partial charge on any atom is 0.292 e. The summed E-state index contributed by atoms with van der Waals surface area (Å²) in [5.41, 5.74) is -0.0231. The number of nitrogens with zero attached hydrogens (tertiary/aromatic N) is 2. The minimum Gasteiger partial charge on any atom is -0.503 e. The second-order valence-electron chi connectivity index (χ2n) is 4.06. The van der Waals surface area contributed by atoms with Crippen LogP contribution < -0.4 is 9.88 Å². The lowest BCUT2D eigenvalue weighted by Gasteiger charge is -2.03. The Bertz CT molecular complexity index is 658. The summed E-state index contributed by atoms with van der Waals surface area (Å²) in [5.74, 6) is -0.388. The molecule has 2 aromatic rings. The number of rotatable bonds is 4. The molecule has 1 aromatic heterocycles. The van der Waals surface area contributed by atoms with E-state index in [1.165, 1.54) is 35.0 Å². The summed E-state index contributed by atoms with van der Waals surface area (Å²) in [6, 6.07) is 8.98. The van der Waals surface area contributed by atoms with Crippen molar-refractivity contribution in [3.05, 3.63) is 58.9 Å². The highest BCUT2D eigenvalue weighted by Crippen LogP contribution is 2.22. The summed E-state index contributed by atoms with van der Waals surface area (Å²) in [4.78, 5) is 22.1. The normalized spacial score (nSPS) is 10.0. The van der Waals surface area contributed by atoms with Crippen LogP contribution in [0.4, 0.5) is 11.4 Å². The van der Waals surface area contributed by atoms with Crippen LogP contribution in [0.5, 0.6) is 5.75 Å². The van der Waals surface area contributed by atoms with Gasteiger partial charge in [-0.25, -0.2) is 0 Å². The Kier molecular flexibility index (Phi) is 3.90. The average molecular weight is 274 g/mol. The van der Waals surface area contributed by atoms with E-state index in [1.54, 1.807) is 18.3 Å². The number of nitro benzene ring substituents is 1. The maximum atomic E-state index is 11.8. The van der Waals surface area contributed by atoms with E-state index in [0.717, 1.165) is 0 Å². The molecule has 2 rings (SSSR count). The number of nitrogens with one attached hydrogen (secondary N) is 1. The molecule has 20 heavy (non-hydrogen) atoms. The quantitative estimate of drug-likeness (QED) is 0.498. The van der Waals surface area contributed by atoms with E-state index in [1.807, 2.05) is 0 Å². The number of aromatic nitrogens is 1. The van der Waals surface area contributed by atoms with Gasteiger partial charge in [0.25, 0.3) is 11.6 Å². The summed E-state index contributed by atoms with van der Waals surface area (Å²) in [6.07, 6.45) is 3.00. The molecular formula is C13H12N3O4+. The smallest absolute Gasteiger partial charge is 0.292 e. The number of anilines is 1. The van der Waals surface area contributed by atoms with Crippen molar-refractivity contribution in [1.29, 1.82) is 0 Å². The van der Waals surface area contributed by atoms with Crippen molar-refractivity contribution in [1.82, 2.24) is 0 Å². The maximum absolute atomic E-state index is 11.8. The first-order chi connectivity index (χ1) is 9.56. The fourth-order valence-corrected chi connectivity index (χ4v) is 1.70. The first kappa shape index (κ1) is 13.5. The molecule has 7 heteroatoms. The molecule has 0 unspecified atom stereocenters. The van der Waals surface area contributed by atoms with Crippen LogP contribution in [0.15, 0.2) is 48.8 Å². The van der Waals surface area contributed by atoms with E-state index in [-0.39, 0.29) is 23.7 Å². The topological polar surface area (TPSA) is 96.3 Å². The van der Waals surface area contributed by atoms with E-state index in [2.05, 4.69) is 5.32 Å². The van der Waals surface area contributed by atoms with E-state index in [0.29, 0.717) is 0 Å². The minimum absolute atomic E-state index is 0.0333. The van der Waals surface area contributed by atoms with Crippen molar-refractivity contribution < 1.29 is 19.4 Å². The largest absolute Gasteiger partial charge is 0.503 e. The van der Waals surface area contributed by atoms with E-state index >= 15 is 0 Å². The first-order valence-electron chi connectivity index (χ1n) is 5.77. The number of pyridine rings is 1.